The molecule has 0 spiro atoms. The van der Waals surface area contributed by atoms with Gasteiger partial charge in [-0.15, -0.1) is 0 Å². The molecule has 1 aromatic rings. The van der Waals surface area contributed by atoms with E-state index in [0.717, 1.165) is 29.3 Å². The lowest BCUT2D eigenvalue weighted by molar-refractivity contribution is -0.135. The van der Waals surface area contributed by atoms with Crippen LogP contribution in [0.1, 0.15) is 37.7 Å². The standard InChI is InChI=1S/C17H22BrNO3S/c1-23(21,22)16-10-14-7-8-15(11-16)19(14)17(20)9-4-12-2-5-13(18)6-3-12/h2-3,5-6,14-16H,4,7-11H2,1H3. The highest BCUT2D eigenvalue weighted by Crippen LogP contribution is 2.38. The Kier molecular flexibility index (Phi) is 4.83. The molecule has 0 N–H and O–H groups in total. The number of benzene rings is 1. The maximum atomic E-state index is 12.6. The predicted molar refractivity (Wildman–Crippen MR) is 94.0 cm³/mol. The van der Waals surface area contributed by atoms with Gasteiger partial charge in [0.1, 0.15) is 9.84 Å². The van der Waals surface area contributed by atoms with Gasteiger partial charge in [-0.2, -0.15) is 0 Å². The van der Waals surface area contributed by atoms with E-state index in [9.17, 15) is 13.2 Å². The average Bonchev–Trinajstić information content (AvgIpc) is 2.75. The fourth-order valence-electron chi connectivity index (χ4n) is 3.92. The SMILES string of the molecule is CS(=O)(=O)C1CC2CCC(C1)N2C(=O)CCc1ccc(Br)cc1. The first-order valence-corrected chi connectivity index (χ1v) is 10.8. The number of nitrogens with zero attached hydrogens (tertiary/aromatic N) is 1. The Hall–Kier alpha value is -0.880. The summed E-state index contributed by atoms with van der Waals surface area (Å²) in [5.41, 5.74) is 1.15. The van der Waals surface area contributed by atoms with Crippen LogP contribution in [0.3, 0.4) is 0 Å². The lowest BCUT2D eigenvalue weighted by atomic mass is 10.0. The molecule has 2 heterocycles. The molecule has 2 fully saturated rings. The number of hydrogen-bond donors (Lipinski definition) is 0. The number of hydrogen-bond acceptors (Lipinski definition) is 3. The van der Waals surface area contributed by atoms with Gasteiger partial charge in [0.25, 0.3) is 0 Å². The summed E-state index contributed by atoms with van der Waals surface area (Å²) in [7, 11) is -3.00. The third-order valence-corrected chi connectivity index (χ3v) is 7.25. The van der Waals surface area contributed by atoms with Crippen LogP contribution in [0, 0.1) is 0 Å². The first-order chi connectivity index (χ1) is 10.8. The van der Waals surface area contributed by atoms with Crippen molar-refractivity contribution in [2.75, 3.05) is 6.26 Å². The van der Waals surface area contributed by atoms with Crippen LogP contribution in [0.25, 0.3) is 0 Å². The van der Waals surface area contributed by atoms with Gasteiger partial charge in [-0.05, 0) is 49.8 Å². The Labute approximate surface area is 146 Å². The average molecular weight is 400 g/mol. The van der Waals surface area contributed by atoms with E-state index in [0.29, 0.717) is 19.3 Å². The quantitative estimate of drug-likeness (QED) is 0.781. The van der Waals surface area contributed by atoms with Crippen molar-refractivity contribution >= 4 is 31.7 Å². The number of amides is 1. The van der Waals surface area contributed by atoms with Gasteiger partial charge in [0.05, 0.1) is 5.25 Å². The van der Waals surface area contributed by atoms with Gasteiger partial charge in [-0.25, -0.2) is 8.42 Å². The Balaban J connectivity index is 1.62. The molecular weight excluding hydrogens is 378 g/mol. The zero-order valence-electron chi connectivity index (χ0n) is 13.2. The molecule has 0 saturated carbocycles. The molecule has 2 saturated heterocycles. The minimum atomic E-state index is -3.00. The molecule has 3 rings (SSSR count). The van der Waals surface area contributed by atoms with Crippen LogP contribution in [0.5, 0.6) is 0 Å². The molecule has 2 aliphatic heterocycles. The van der Waals surface area contributed by atoms with Gasteiger partial charge in [-0.1, -0.05) is 28.1 Å². The summed E-state index contributed by atoms with van der Waals surface area (Å²) < 4.78 is 24.7. The number of aryl methyl sites for hydroxylation is 1. The van der Waals surface area contributed by atoms with Crippen molar-refractivity contribution in [3.63, 3.8) is 0 Å². The number of carbonyl (C=O) groups excluding carboxylic acids is 1. The Morgan fingerprint density at radius 1 is 1.17 bits per heavy atom. The van der Waals surface area contributed by atoms with E-state index in [-0.39, 0.29) is 23.2 Å². The van der Waals surface area contributed by atoms with Gasteiger partial charge in [0.2, 0.25) is 5.91 Å². The van der Waals surface area contributed by atoms with Crippen LogP contribution >= 0.6 is 15.9 Å². The van der Waals surface area contributed by atoms with Gasteiger partial charge < -0.3 is 4.90 Å². The number of sulfone groups is 1. The zero-order valence-corrected chi connectivity index (χ0v) is 15.6. The first-order valence-electron chi connectivity index (χ1n) is 8.09. The van der Waals surface area contributed by atoms with Crippen LogP contribution < -0.4 is 0 Å². The van der Waals surface area contributed by atoms with E-state index < -0.39 is 9.84 Å². The monoisotopic (exact) mass is 399 g/mol. The third-order valence-electron chi connectivity index (χ3n) is 5.12. The molecular formula is C17H22BrNO3S. The Bertz CT molecular complexity index is 672. The molecule has 6 heteroatoms. The van der Waals surface area contributed by atoms with Crippen molar-refractivity contribution in [1.29, 1.82) is 0 Å². The van der Waals surface area contributed by atoms with Crippen LogP contribution in [-0.4, -0.2) is 42.8 Å². The fraction of sp³-hybridized carbons (Fsp3) is 0.588. The molecule has 4 nitrogen and oxygen atoms in total. The molecule has 0 radical (unpaired) electrons. The molecule has 2 bridgehead atoms. The Morgan fingerprint density at radius 2 is 1.74 bits per heavy atom. The van der Waals surface area contributed by atoms with E-state index in [1.54, 1.807) is 0 Å². The van der Waals surface area contributed by atoms with Crippen molar-refractivity contribution in [2.45, 2.75) is 55.9 Å². The summed E-state index contributed by atoms with van der Waals surface area (Å²) in [5, 5.41) is -0.268. The second-order valence-corrected chi connectivity index (χ2v) is 9.98. The van der Waals surface area contributed by atoms with E-state index in [4.69, 9.17) is 0 Å². The number of carbonyl (C=O) groups is 1. The molecule has 0 aliphatic carbocycles. The topological polar surface area (TPSA) is 54.5 Å². The lowest BCUT2D eigenvalue weighted by Gasteiger charge is -2.38. The molecule has 126 valence electrons. The van der Waals surface area contributed by atoms with Crippen molar-refractivity contribution < 1.29 is 13.2 Å². The molecule has 0 aromatic heterocycles. The largest absolute Gasteiger partial charge is 0.337 e. The van der Waals surface area contributed by atoms with Crippen LogP contribution in [0.4, 0.5) is 0 Å². The molecule has 23 heavy (non-hydrogen) atoms. The number of rotatable bonds is 4. The minimum Gasteiger partial charge on any atom is -0.337 e. The molecule has 2 atom stereocenters. The van der Waals surface area contributed by atoms with Gasteiger partial charge in [0.15, 0.2) is 0 Å². The summed E-state index contributed by atoms with van der Waals surface area (Å²) in [6.07, 6.45) is 5.66. The highest BCUT2D eigenvalue weighted by Gasteiger charge is 2.45. The predicted octanol–water partition coefficient (Wildman–Crippen LogP) is 2.95. The summed E-state index contributed by atoms with van der Waals surface area (Å²) in [6.45, 7) is 0. The summed E-state index contributed by atoms with van der Waals surface area (Å²) >= 11 is 3.41. The highest BCUT2D eigenvalue weighted by atomic mass is 79.9. The third kappa shape index (κ3) is 3.79. The molecule has 2 aliphatic rings. The van der Waals surface area contributed by atoms with Gasteiger partial charge in [-0.3, -0.25) is 4.79 Å². The van der Waals surface area contributed by atoms with E-state index >= 15 is 0 Å². The van der Waals surface area contributed by atoms with Crippen molar-refractivity contribution in [2.24, 2.45) is 0 Å². The summed E-state index contributed by atoms with van der Waals surface area (Å²) in [5.74, 6) is 0.173. The highest BCUT2D eigenvalue weighted by molar-refractivity contribution is 9.10. The van der Waals surface area contributed by atoms with Gasteiger partial charge >= 0.3 is 0 Å². The summed E-state index contributed by atoms with van der Waals surface area (Å²) in [4.78, 5) is 14.6. The van der Waals surface area contributed by atoms with Crippen molar-refractivity contribution in [3.8, 4) is 0 Å². The Morgan fingerprint density at radius 3 is 2.26 bits per heavy atom. The molecule has 1 amide bonds. The van der Waals surface area contributed by atoms with Crippen molar-refractivity contribution in [3.05, 3.63) is 34.3 Å². The van der Waals surface area contributed by atoms with E-state index in [1.165, 1.54) is 6.26 Å². The maximum Gasteiger partial charge on any atom is 0.223 e. The van der Waals surface area contributed by atoms with Crippen molar-refractivity contribution in [1.82, 2.24) is 4.90 Å². The summed E-state index contributed by atoms with van der Waals surface area (Å²) in [6, 6.07) is 8.27. The number of piperidine rings is 1. The minimum absolute atomic E-state index is 0.117. The second kappa shape index (κ2) is 6.55. The number of fused-ring (bicyclic) bond motifs is 2. The first kappa shape index (κ1) is 17.0. The zero-order chi connectivity index (χ0) is 16.6. The molecule has 1 aromatic carbocycles. The fourth-order valence-corrected chi connectivity index (χ4v) is 5.32. The molecule has 2 unspecified atom stereocenters. The van der Waals surface area contributed by atoms with Crippen LogP contribution in [-0.2, 0) is 21.1 Å². The maximum absolute atomic E-state index is 12.6. The van der Waals surface area contributed by atoms with E-state index in [2.05, 4.69) is 15.9 Å². The number of halogens is 1. The van der Waals surface area contributed by atoms with Crippen LogP contribution in [0.2, 0.25) is 0 Å². The smallest absolute Gasteiger partial charge is 0.223 e. The normalized spacial score (nSPS) is 27.2. The van der Waals surface area contributed by atoms with Crippen LogP contribution in [0.15, 0.2) is 28.7 Å². The lowest BCUT2D eigenvalue weighted by Crippen LogP contribution is -2.49. The van der Waals surface area contributed by atoms with Gasteiger partial charge in [0, 0.05) is 29.2 Å². The van der Waals surface area contributed by atoms with E-state index in [1.807, 2.05) is 29.2 Å². The second-order valence-electron chi connectivity index (χ2n) is 6.74.